The molecule has 0 N–H and O–H groups in total. The molecule has 2 aliphatic rings. The summed E-state index contributed by atoms with van der Waals surface area (Å²) in [5, 5.41) is 0. The van der Waals surface area contributed by atoms with Crippen molar-refractivity contribution in [2.75, 3.05) is 44.4 Å². The first-order chi connectivity index (χ1) is 18.0. The van der Waals surface area contributed by atoms with Crippen LogP contribution in [0.15, 0.2) is 61.9 Å². The van der Waals surface area contributed by atoms with E-state index < -0.39 is 12.0 Å². The van der Waals surface area contributed by atoms with Crippen molar-refractivity contribution >= 4 is 29.3 Å². The molecule has 0 amide bonds. The number of benzene rings is 1. The number of allylic oxidation sites excluding steroid dienone is 1. The number of ether oxygens (including phenoxy) is 3. The van der Waals surface area contributed by atoms with E-state index in [4.69, 9.17) is 18.6 Å². The largest absolute Gasteiger partial charge is 0.494 e. The van der Waals surface area contributed by atoms with Gasteiger partial charge in [-0.2, -0.15) is 0 Å². The van der Waals surface area contributed by atoms with E-state index in [2.05, 4.69) is 9.89 Å². The Hall–Kier alpha value is -3.63. The lowest BCUT2D eigenvalue weighted by atomic mass is 9.96. The predicted octanol–water partition coefficient (Wildman–Crippen LogP) is 2.63. The van der Waals surface area contributed by atoms with Crippen molar-refractivity contribution in [1.82, 2.24) is 4.57 Å². The minimum absolute atomic E-state index is 0.222. The molecule has 0 aliphatic carbocycles. The Balaban J connectivity index is 1.59. The standard InChI is InChI=1S/C27H29N3O6S/c1-4-34-19-8-6-18(7-9-19)24-23(26(32)35-5-2)17(3)28-27-30(24)25(31)21(37-27)16-20-10-11-22(36-20)29-12-14-33-15-13-29/h6-11,16,24H,4-5,12-15H2,1-3H3/b21-16-/t24-/m0/s1. The molecular weight excluding hydrogens is 494 g/mol. The third-order valence-electron chi connectivity index (χ3n) is 6.23. The van der Waals surface area contributed by atoms with Gasteiger partial charge in [0.05, 0.1) is 48.3 Å². The van der Waals surface area contributed by atoms with Gasteiger partial charge in [0.15, 0.2) is 10.7 Å². The first kappa shape index (κ1) is 25.0. The van der Waals surface area contributed by atoms with Gasteiger partial charge in [-0.25, -0.2) is 9.79 Å². The molecule has 10 heteroatoms. The first-order valence-corrected chi connectivity index (χ1v) is 13.2. The third kappa shape index (κ3) is 4.99. The number of anilines is 1. The summed E-state index contributed by atoms with van der Waals surface area (Å²) in [4.78, 5) is 34.0. The fourth-order valence-electron chi connectivity index (χ4n) is 4.52. The molecule has 5 rings (SSSR count). The van der Waals surface area contributed by atoms with Gasteiger partial charge in [0.1, 0.15) is 11.5 Å². The minimum atomic E-state index is -0.673. The average molecular weight is 524 g/mol. The van der Waals surface area contributed by atoms with E-state index in [1.165, 1.54) is 11.3 Å². The molecular formula is C27H29N3O6S. The second kappa shape index (κ2) is 10.8. The van der Waals surface area contributed by atoms with E-state index in [-0.39, 0.29) is 12.2 Å². The number of hydrogen-bond donors (Lipinski definition) is 0. The highest BCUT2D eigenvalue weighted by Crippen LogP contribution is 2.31. The van der Waals surface area contributed by atoms with Gasteiger partial charge in [0, 0.05) is 25.2 Å². The summed E-state index contributed by atoms with van der Waals surface area (Å²) in [6, 6.07) is 10.5. The molecule has 1 atom stereocenters. The van der Waals surface area contributed by atoms with Crippen LogP contribution in [0.25, 0.3) is 6.08 Å². The summed E-state index contributed by atoms with van der Waals surface area (Å²) in [7, 11) is 0. The van der Waals surface area contributed by atoms with E-state index in [1.54, 1.807) is 24.5 Å². The van der Waals surface area contributed by atoms with Gasteiger partial charge in [0.2, 0.25) is 0 Å². The van der Waals surface area contributed by atoms with Crippen molar-refractivity contribution in [3.05, 3.63) is 78.7 Å². The molecule has 194 valence electrons. The zero-order valence-electron chi connectivity index (χ0n) is 21.1. The Labute approximate surface area is 217 Å². The number of morpholine rings is 1. The van der Waals surface area contributed by atoms with Crippen LogP contribution in [0, 0.1) is 0 Å². The van der Waals surface area contributed by atoms with E-state index in [9.17, 15) is 9.59 Å². The lowest BCUT2D eigenvalue weighted by molar-refractivity contribution is -0.139. The maximum absolute atomic E-state index is 13.7. The quantitative estimate of drug-likeness (QED) is 0.440. The summed E-state index contributed by atoms with van der Waals surface area (Å²) in [5.74, 6) is 1.55. The topological polar surface area (TPSA) is 95.5 Å². The van der Waals surface area contributed by atoms with Gasteiger partial charge in [-0.3, -0.25) is 9.36 Å². The van der Waals surface area contributed by atoms with E-state index in [0.29, 0.717) is 51.9 Å². The molecule has 0 unspecified atom stereocenters. The highest BCUT2D eigenvalue weighted by molar-refractivity contribution is 7.07. The predicted molar refractivity (Wildman–Crippen MR) is 140 cm³/mol. The molecule has 4 heterocycles. The molecule has 1 saturated heterocycles. The van der Waals surface area contributed by atoms with Crippen LogP contribution in [0.4, 0.5) is 5.88 Å². The van der Waals surface area contributed by atoms with Gasteiger partial charge in [-0.15, -0.1) is 0 Å². The zero-order valence-corrected chi connectivity index (χ0v) is 21.9. The number of thiazole rings is 1. The monoisotopic (exact) mass is 523 g/mol. The smallest absolute Gasteiger partial charge is 0.338 e. The molecule has 1 fully saturated rings. The zero-order chi connectivity index (χ0) is 25.9. The van der Waals surface area contributed by atoms with Crippen LogP contribution in [0.3, 0.4) is 0 Å². The number of aromatic nitrogens is 1. The normalized spacial score (nSPS) is 18.0. The van der Waals surface area contributed by atoms with Gasteiger partial charge in [-0.05, 0) is 44.5 Å². The molecule has 2 aromatic heterocycles. The van der Waals surface area contributed by atoms with Crippen molar-refractivity contribution < 1.29 is 23.4 Å². The molecule has 3 aromatic rings. The number of furan rings is 1. The molecule has 1 aromatic carbocycles. The number of nitrogens with zero attached hydrogens (tertiary/aromatic N) is 3. The minimum Gasteiger partial charge on any atom is -0.494 e. The van der Waals surface area contributed by atoms with Crippen LogP contribution >= 0.6 is 11.3 Å². The molecule has 0 saturated carbocycles. The summed E-state index contributed by atoms with van der Waals surface area (Å²) in [6.45, 7) is 9.03. The summed E-state index contributed by atoms with van der Waals surface area (Å²) < 4.78 is 24.4. The van der Waals surface area contributed by atoms with Crippen molar-refractivity contribution in [3.63, 3.8) is 0 Å². The van der Waals surface area contributed by atoms with Crippen LogP contribution in [0.1, 0.15) is 38.1 Å². The number of fused-ring (bicyclic) bond motifs is 1. The number of carbonyl (C=O) groups is 1. The van der Waals surface area contributed by atoms with E-state index >= 15 is 0 Å². The van der Waals surface area contributed by atoms with Crippen LogP contribution in [0.2, 0.25) is 0 Å². The third-order valence-corrected chi connectivity index (χ3v) is 7.22. The number of rotatable bonds is 7. The van der Waals surface area contributed by atoms with Crippen LogP contribution in [-0.4, -0.2) is 50.1 Å². The average Bonchev–Trinajstić information content (AvgIpc) is 3.49. The van der Waals surface area contributed by atoms with Gasteiger partial charge in [-0.1, -0.05) is 23.5 Å². The second-order valence-corrected chi connectivity index (χ2v) is 9.59. The SMILES string of the molecule is CCOC(=O)C1=C(C)N=c2s/c(=C\c3ccc(N4CCOCC4)o3)c(=O)n2[C@H]1c1ccc(OCC)cc1. The second-order valence-electron chi connectivity index (χ2n) is 8.58. The van der Waals surface area contributed by atoms with Crippen molar-refractivity contribution in [3.8, 4) is 5.75 Å². The molecule has 0 spiro atoms. The fraction of sp³-hybridized carbons (Fsp3) is 0.370. The molecule has 0 bridgehead atoms. The summed E-state index contributed by atoms with van der Waals surface area (Å²) in [5.41, 5.74) is 1.39. The Kier molecular flexibility index (Phi) is 7.29. The lowest BCUT2D eigenvalue weighted by Crippen LogP contribution is -2.39. The Morgan fingerprint density at radius 3 is 2.59 bits per heavy atom. The van der Waals surface area contributed by atoms with Crippen LogP contribution in [-0.2, 0) is 14.3 Å². The van der Waals surface area contributed by atoms with Crippen molar-refractivity contribution in [2.45, 2.75) is 26.8 Å². The summed E-state index contributed by atoms with van der Waals surface area (Å²) >= 11 is 1.27. The Morgan fingerprint density at radius 2 is 1.89 bits per heavy atom. The molecule has 2 aliphatic heterocycles. The highest BCUT2D eigenvalue weighted by Gasteiger charge is 2.33. The maximum atomic E-state index is 13.7. The Morgan fingerprint density at radius 1 is 1.14 bits per heavy atom. The molecule has 0 radical (unpaired) electrons. The highest BCUT2D eigenvalue weighted by atomic mass is 32.1. The molecule has 9 nitrogen and oxygen atoms in total. The first-order valence-electron chi connectivity index (χ1n) is 12.3. The van der Waals surface area contributed by atoms with E-state index in [0.717, 1.165) is 24.5 Å². The van der Waals surface area contributed by atoms with Gasteiger partial charge >= 0.3 is 5.97 Å². The van der Waals surface area contributed by atoms with Crippen LogP contribution in [0.5, 0.6) is 5.75 Å². The van der Waals surface area contributed by atoms with E-state index in [1.807, 2.05) is 43.3 Å². The number of hydrogen-bond acceptors (Lipinski definition) is 9. The van der Waals surface area contributed by atoms with Gasteiger partial charge < -0.3 is 23.5 Å². The number of esters is 1. The van der Waals surface area contributed by atoms with Gasteiger partial charge in [0.25, 0.3) is 5.56 Å². The van der Waals surface area contributed by atoms with Crippen molar-refractivity contribution in [2.24, 2.45) is 4.99 Å². The maximum Gasteiger partial charge on any atom is 0.338 e. The summed E-state index contributed by atoms with van der Waals surface area (Å²) in [6.07, 6.45) is 1.73. The number of carbonyl (C=O) groups excluding carboxylic acids is 1. The van der Waals surface area contributed by atoms with Crippen molar-refractivity contribution in [1.29, 1.82) is 0 Å². The Bertz CT molecular complexity index is 1490. The lowest BCUT2D eigenvalue weighted by Gasteiger charge is -2.26. The van der Waals surface area contributed by atoms with Crippen LogP contribution < -0.4 is 24.5 Å². The fourth-order valence-corrected chi connectivity index (χ4v) is 5.55. The molecule has 37 heavy (non-hydrogen) atoms.